The van der Waals surface area contributed by atoms with Gasteiger partial charge < -0.3 is 10.5 Å². The molecule has 0 fully saturated rings. The number of nitrogen functional groups attached to an aromatic ring is 1. The topological polar surface area (TPSA) is 76.9 Å². The van der Waals surface area contributed by atoms with Gasteiger partial charge in [-0.25, -0.2) is 4.68 Å². The van der Waals surface area contributed by atoms with Crippen LogP contribution in [0.3, 0.4) is 0 Å². The van der Waals surface area contributed by atoms with E-state index in [2.05, 4.69) is 5.10 Å². The van der Waals surface area contributed by atoms with Gasteiger partial charge in [-0.3, -0.25) is 0 Å². The van der Waals surface area contributed by atoms with Crippen molar-refractivity contribution in [3.8, 4) is 6.07 Å². The van der Waals surface area contributed by atoms with Crippen molar-refractivity contribution in [2.75, 3.05) is 19.5 Å². The molecule has 0 atom stereocenters. The first-order valence-corrected chi connectivity index (χ1v) is 3.92. The van der Waals surface area contributed by atoms with Gasteiger partial charge in [0.25, 0.3) is 0 Å². The van der Waals surface area contributed by atoms with Gasteiger partial charge in [0.1, 0.15) is 17.5 Å². The fourth-order valence-corrected chi connectivity index (χ4v) is 1.09. The van der Waals surface area contributed by atoms with Crippen LogP contribution in [0.25, 0.3) is 0 Å². The SMILES string of the molecule is COCCn1nc(C)c(C#N)c1N. The van der Waals surface area contributed by atoms with Crippen molar-refractivity contribution in [1.29, 1.82) is 5.26 Å². The van der Waals surface area contributed by atoms with Gasteiger partial charge in [0.05, 0.1) is 18.8 Å². The van der Waals surface area contributed by atoms with E-state index in [1.165, 1.54) is 0 Å². The van der Waals surface area contributed by atoms with E-state index >= 15 is 0 Å². The number of ether oxygens (including phenoxy) is 1. The number of aryl methyl sites for hydroxylation is 1. The average molecular weight is 180 g/mol. The van der Waals surface area contributed by atoms with Gasteiger partial charge in [-0.2, -0.15) is 10.4 Å². The van der Waals surface area contributed by atoms with Crippen molar-refractivity contribution in [3.63, 3.8) is 0 Å². The van der Waals surface area contributed by atoms with E-state index < -0.39 is 0 Å². The summed E-state index contributed by atoms with van der Waals surface area (Å²) in [6.07, 6.45) is 0. The molecular weight excluding hydrogens is 168 g/mol. The normalized spacial score (nSPS) is 9.92. The van der Waals surface area contributed by atoms with Gasteiger partial charge in [-0.1, -0.05) is 0 Å². The van der Waals surface area contributed by atoms with E-state index in [0.29, 0.717) is 30.2 Å². The monoisotopic (exact) mass is 180 g/mol. The Morgan fingerprint density at radius 2 is 2.38 bits per heavy atom. The predicted molar refractivity (Wildman–Crippen MR) is 48.0 cm³/mol. The molecule has 13 heavy (non-hydrogen) atoms. The van der Waals surface area contributed by atoms with Gasteiger partial charge in [0, 0.05) is 7.11 Å². The van der Waals surface area contributed by atoms with E-state index in [4.69, 9.17) is 15.7 Å². The molecule has 0 saturated carbocycles. The summed E-state index contributed by atoms with van der Waals surface area (Å²) >= 11 is 0. The zero-order chi connectivity index (χ0) is 9.84. The lowest BCUT2D eigenvalue weighted by atomic mass is 10.3. The first-order chi connectivity index (χ1) is 6.20. The average Bonchev–Trinajstić information content (AvgIpc) is 2.38. The Morgan fingerprint density at radius 1 is 1.69 bits per heavy atom. The molecule has 0 spiro atoms. The number of nitriles is 1. The van der Waals surface area contributed by atoms with Gasteiger partial charge >= 0.3 is 0 Å². The number of nitrogens with zero attached hydrogens (tertiary/aromatic N) is 3. The van der Waals surface area contributed by atoms with Crippen LogP contribution in [0.2, 0.25) is 0 Å². The van der Waals surface area contributed by atoms with Crippen molar-refractivity contribution in [3.05, 3.63) is 11.3 Å². The number of nitrogens with two attached hydrogens (primary N) is 1. The van der Waals surface area contributed by atoms with Crippen LogP contribution in [0.15, 0.2) is 0 Å². The van der Waals surface area contributed by atoms with Gasteiger partial charge in [-0.05, 0) is 6.92 Å². The number of rotatable bonds is 3. The molecular formula is C8H12N4O. The molecule has 0 aliphatic carbocycles. The molecule has 0 bridgehead atoms. The molecule has 0 aliphatic rings. The zero-order valence-corrected chi connectivity index (χ0v) is 7.74. The van der Waals surface area contributed by atoms with Crippen LogP contribution in [-0.4, -0.2) is 23.5 Å². The largest absolute Gasteiger partial charge is 0.383 e. The number of methoxy groups -OCH3 is 1. The summed E-state index contributed by atoms with van der Waals surface area (Å²) in [5.41, 5.74) is 6.80. The standard InChI is InChI=1S/C8H12N4O/c1-6-7(5-9)8(10)12(11-6)3-4-13-2/h3-4,10H2,1-2H3. The molecule has 1 aromatic heterocycles. The number of aromatic nitrogens is 2. The minimum absolute atomic E-state index is 0.414. The molecule has 0 amide bonds. The molecule has 1 aromatic rings. The summed E-state index contributed by atoms with van der Waals surface area (Å²) in [6, 6.07) is 2.01. The second-order valence-electron chi connectivity index (χ2n) is 2.67. The molecule has 0 saturated heterocycles. The Hall–Kier alpha value is -1.54. The van der Waals surface area contributed by atoms with Crippen LogP contribution in [-0.2, 0) is 11.3 Å². The van der Waals surface area contributed by atoms with Crippen LogP contribution >= 0.6 is 0 Å². The maximum atomic E-state index is 8.72. The Bertz CT molecular complexity index is 337. The van der Waals surface area contributed by atoms with Gasteiger partial charge in [0.2, 0.25) is 0 Å². The van der Waals surface area contributed by atoms with E-state index in [-0.39, 0.29) is 0 Å². The fraction of sp³-hybridized carbons (Fsp3) is 0.500. The highest BCUT2D eigenvalue weighted by Crippen LogP contribution is 2.13. The zero-order valence-electron chi connectivity index (χ0n) is 7.74. The molecule has 0 aromatic carbocycles. The van der Waals surface area contributed by atoms with Crippen LogP contribution in [0, 0.1) is 18.3 Å². The molecule has 70 valence electrons. The van der Waals surface area contributed by atoms with E-state index in [0.717, 1.165) is 0 Å². The Labute approximate surface area is 76.7 Å². The third kappa shape index (κ3) is 1.79. The van der Waals surface area contributed by atoms with Crippen molar-refractivity contribution in [2.24, 2.45) is 0 Å². The maximum absolute atomic E-state index is 8.72. The van der Waals surface area contributed by atoms with Gasteiger partial charge in [-0.15, -0.1) is 0 Å². The summed E-state index contributed by atoms with van der Waals surface area (Å²) < 4.78 is 6.46. The Kier molecular flexibility index (Phi) is 2.88. The summed E-state index contributed by atoms with van der Waals surface area (Å²) in [5.74, 6) is 0.414. The van der Waals surface area contributed by atoms with E-state index in [1.807, 2.05) is 6.07 Å². The quantitative estimate of drug-likeness (QED) is 0.725. The predicted octanol–water partition coefficient (Wildman–Crippen LogP) is 0.292. The van der Waals surface area contributed by atoms with Crippen LogP contribution in [0.5, 0.6) is 0 Å². The van der Waals surface area contributed by atoms with Crippen molar-refractivity contribution in [2.45, 2.75) is 13.5 Å². The molecule has 5 nitrogen and oxygen atoms in total. The van der Waals surface area contributed by atoms with Crippen molar-refractivity contribution >= 4 is 5.82 Å². The highest BCUT2D eigenvalue weighted by molar-refractivity contribution is 5.51. The smallest absolute Gasteiger partial charge is 0.140 e. The highest BCUT2D eigenvalue weighted by Gasteiger charge is 2.10. The van der Waals surface area contributed by atoms with Crippen LogP contribution < -0.4 is 5.73 Å². The van der Waals surface area contributed by atoms with Crippen molar-refractivity contribution in [1.82, 2.24) is 9.78 Å². The van der Waals surface area contributed by atoms with E-state index in [9.17, 15) is 0 Å². The lowest BCUT2D eigenvalue weighted by Gasteiger charge is -2.01. The van der Waals surface area contributed by atoms with Crippen molar-refractivity contribution < 1.29 is 4.74 Å². The van der Waals surface area contributed by atoms with Crippen LogP contribution in [0.1, 0.15) is 11.3 Å². The molecule has 0 unspecified atom stereocenters. The second-order valence-corrected chi connectivity index (χ2v) is 2.67. The number of hydrogen-bond donors (Lipinski definition) is 1. The minimum atomic E-state index is 0.414. The molecule has 5 heteroatoms. The summed E-state index contributed by atoms with van der Waals surface area (Å²) in [7, 11) is 1.61. The van der Waals surface area contributed by atoms with E-state index in [1.54, 1.807) is 18.7 Å². The number of hydrogen-bond acceptors (Lipinski definition) is 4. The molecule has 1 heterocycles. The Balaban J connectivity index is 2.92. The fourth-order valence-electron chi connectivity index (χ4n) is 1.09. The number of anilines is 1. The van der Waals surface area contributed by atoms with Crippen LogP contribution in [0.4, 0.5) is 5.82 Å². The highest BCUT2D eigenvalue weighted by atomic mass is 16.5. The summed E-state index contributed by atoms with van der Waals surface area (Å²) in [6.45, 7) is 2.87. The third-order valence-corrected chi connectivity index (χ3v) is 1.79. The Morgan fingerprint density at radius 3 is 2.85 bits per heavy atom. The lowest BCUT2D eigenvalue weighted by Crippen LogP contribution is -2.09. The third-order valence-electron chi connectivity index (χ3n) is 1.79. The summed E-state index contributed by atoms with van der Waals surface area (Å²) in [4.78, 5) is 0. The molecule has 1 rings (SSSR count). The lowest BCUT2D eigenvalue weighted by molar-refractivity contribution is 0.184. The summed E-state index contributed by atoms with van der Waals surface area (Å²) in [5, 5.41) is 12.8. The first kappa shape index (κ1) is 9.55. The minimum Gasteiger partial charge on any atom is -0.383 e. The second kappa shape index (κ2) is 3.92. The first-order valence-electron chi connectivity index (χ1n) is 3.92. The molecule has 0 aliphatic heterocycles. The molecule has 0 radical (unpaired) electrons. The van der Waals surface area contributed by atoms with Gasteiger partial charge in [0.15, 0.2) is 0 Å². The molecule has 2 N–H and O–H groups in total. The maximum Gasteiger partial charge on any atom is 0.140 e.